The second-order valence-corrected chi connectivity index (χ2v) is 6.26. The Bertz CT molecular complexity index is 1250. The van der Waals surface area contributed by atoms with E-state index in [2.05, 4.69) is 20.1 Å². The van der Waals surface area contributed by atoms with Crippen molar-refractivity contribution in [3.8, 4) is 11.4 Å². The molecule has 168 valence electrons. The first-order chi connectivity index (χ1) is 15.0. The van der Waals surface area contributed by atoms with Crippen molar-refractivity contribution < 1.29 is 31.6 Å². The molecule has 14 heteroatoms. The van der Waals surface area contributed by atoms with Crippen molar-refractivity contribution >= 4 is 17.1 Å². The number of halogens is 5. The third-order valence-corrected chi connectivity index (χ3v) is 4.10. The van der Waals surface area contributed by atoms with Gasteiger partial charge in [-0.15, -0.1) is 10.2 Å². The van der Waals surface area contributed by atoms with Crippen molar-refractivity contribution in [3.05, 3.63) is 74.2 Å². The minimum Gasteiger partial charge on any atom is -0.435 e. The van der Waals surface area contributed by atoms with Crippen LogP contribution >= 0.6 is 0 Å². The molecule has 1 N–H and O–H groups in total. The van der Waals surface area contributed by atoms with Gasteiger partial charge < -0.3 is 4.74 Å². The van der Waals surface area contributed by atoms with Crippen LogP contribution in [0.1, 0.15) is 11.3 Å². The number of rotatable bonds is 6. The highest BCUT2D eigenvalue weighted by Gasteiger charge is 2.30. The summed E-state index contributed by atoms with van der Waals surface area (Å²) in [5, 5.41) is 21.1. The van der Waals surface area contributed by atoms with Crippen LogP contribution in [0.5, 0.6) is 5.75 Å². The fourth-order valence-electron chi connectivity index (χ4n) is 2.67. The molecule has 0 aliphatic heterocycles. The summed E-state index contributed by atoms with van der Waals surface area (Å²) in [7, 11) is 0. The molecule has 0 atom stereocenters. The van der Waals surface area contributed by atoms with E-state index in [0.29, 0.717) is 6.07 Å². The van der Waals surface area contributed by atoms with Crippen LogP contribution in [0.2, 0.25) is 0 Å². The topological polar surface area (TPSA) is 115 Å². The maximum Gasteiger partial charge on any atom is 0.416 e. The molecule has 0 aliphatic carbocycles. The van der Waals surface area contributed by atoms with Gasteiger partial charge >= 0.3 is 12.8 Å². The van der Waals surface area contributed by atoms with Crippen molar-refractivity contribution in [1.29, 1.82) is 0 Å². The molecular formula is C18H12F5N5O4. The second-order valence-electron chi connectivity index (χ2n) is 6.26. The van der Waals surface area contributed by atoms with Crippen LogP contribution in [0.25, 0.3) is 5.69 Å². The molecule has 0 saturated carbocycles. The van der Waals surface area contributed by atoms with E-state index in [1.807, 2.05) is 0 Å². The first-order valence-electron chi connectivity index (χ1n) is 8.61. The number of alkyl halides is 5. The Labute approximate surface area is 174 Å². The van der Waals surface area contributed by atoms with Crippen molar-refractivity contribution in [2.24, 2.45) is 10.2 Å². The molecule has 0 unspecified atom stereocenters. The number of ether oxygens (including phenoxy) is 1. The standard InChI is InChI=1S/C18H12F5N5O4/c1-9-15(16(29)27(26-9)11-4-2-3-10(7-11)18(21,22)23)25-24-13-6-5-12(32-17(19)20)8-14(13)28(30)31/h2-8,17,26H,1H3. The molecule has 1 aromatic heterocycles. The number of H-pyrrole nitrogens is 1. The van der Waals surface area contributed by atoms with Crippen molar-refractivity contribution in [2.75, 3.05) is 0 Å². The Morgan fingerprint density at radius 2 is 1.88 bits per heavy atom. The number of aromatic nitrogens is 2. The smallest absolute Gasteiger partial charge is 0.416 e. The predicted octanol–water partition coefficient (Wildman–Crippen LogP) is 5.42. The molecule has 3 rings (SSSR count). The number of nitro benzene ring substituents is 1. The van der Waals surface area contributed by atoms with Gasteiger partial charge in [0.25, 0.3) is 11.2 Å². The molecule has 2 aromatic carbocycles. The van der Waals surface area contributed by atoms with Gasteiger partial charge in [0.1, 0.15) is 5.75 Å². The highest BCUT2D eigenvalue weighted by Crippen LogP contribution is 2.33. The molecule has 9 nitrogen and oxygen atoms in total. The summed E-state index contributed by atoms with van der Waals surface area (Å²) in [5.74, 6) is -0.477. The van der Waals surface area contributed by atoms with Crippen LogP contribution in [0, 0.1) is 17.0 Å². The minimum absolute atomic E-state index is 0.117. The predicted molar refractivity (Wildman–Crippen MR) is 100 cm³/mol. The molecule has 0 fully saturated rings. The Balaban J connectivity index is 1.99. The van der Waals surface area contributed by atoms with Gasteiger partial charge in [-0.1, -0.05) is 6.07 Å². The summed E-state index contributed by atoms with van der Waals surface area (Å²) >= 11 is 0. The lowest BCUT2D eigenvalue weighted by Gasteiger charge is -2.08. The Kier molecular flexibility index (Phi) is 6.04. The van der Waals surface area contributed by atoms with Crippen LogP contribution in [0.3, 0.4) is 0 Å². The zero-order valence-corrected chi connectivity index (χ0v) is 15.9. The summed E-state index contributed by atoms with van der Waals surface area (Å²) < 4.78 is 68.4. The molecule has 32 heavy (non-hydrogen) atoms. The maximum absolute atomic E-state index is 12.9. The number of aryl methyl sites for hydroxylation is 1. The Morgan fingerprint density at radius 1 is 1.16 bits per heavy atom. The zero-order valence-electron chi connectivity index (χ0n) is 15.9. The number of nitrogens with zero attached hydrogens (tertiary/aromatic N) is 4. The minimum atomic E-state index is -4.62. The summed E-state index contributed by atoms with van der Waals surface area (Å²) in [6, 6.07) is 6.68. The molecule has 0 saturated heterocycles. The van der Waals surface area contributed by atoms with Crippen LogP contribution in [-0.2, 0) is 6.18 Å². The van der Waals surface area contributed by atoms with E-state index in [-0.39, 0.29) is 22.8 Å². The van der Waals surface area contributed by atoms with Crippen LogP contribution in [-0.4, -0.2) is 21.3 Å². The molecule has 0 bridgehead atoms. The number of nitrogens with one attached hydrogen (secondary N) is 1. The van der Waals surface area contributed by atoms with Gasteiger partial charge in [-0.25, -0.2) is 4.68 Å². The van der Waals surface area contributed by atoms with Crippen LogP contribution in [0.4, 0.5) is 39.0 Å². The van der Waals surface area contributed by atoms with Crippen molar-refractivity contribution in [2.45, 2.75) is 19.7 Å². The number of hydrogen-bond acceptors (Lipinski definition) is 6. The summed E-state index contributed by atoms with van der Waals surface area (Å²) in [6.07, 6.45) is -4.62. The van der Waals surface area contributed by atoms with Gasteiger partial charge in [0.15, 0.2) is 11.4 Å². The van der Waals surface area contributed by atoms with Gasteiger partial charge in [0.05, 0.1) is 27.9 Å². The first-order valence-corrected chi connectivity index (χ1v) is 8.61. The lowest BCUT2D eigenvalue weighted by Crippen LogP contribution is -2.15. The molecule has 1 heterocycles. The maximum atomic E-state index is 12.9. The molecule has 0 amide bonds. The van der Waals surface area contributed by atoms with Crippen LogP contribution in [0.15, 0.2) is 57.5 Å². The van der Waals surface area contributed by atoms with Crippen molar-refractivity contribution in [1.82, 2.24) is 9.78 Å². The number of nitro groups is 1. The largest absolute Gasteiger partial charge is 0.435 e. The lowest BCUT2D eigenvalue weighted by molar-refractivity contribution is -0.384. The lowest BCUT2D eigenvalue weighted by atomic mass is 10.2. The quantitative estimate of drug-likeness (QED) is 0.230. The highest BCUT2D eigenvalue weighted by atomic mass is 19.4. The number of benzene rings is 2. The van der Waals surface area contributed by atoms with Gasteiger partial charge in [-0.2, -0.15) is 22.0 Å². The fraction of sp³-hybridized carbons (Fsp3) is 0.167. The summed E-state index contributed by atoms with van der Waals surface area (Å²) in [5.41, 5.74) is -3.21. The summed E-state index contributed by atoms with van der Waals surface area (Å²) in [6.45, 7) is -1.80. The molecule has 0 radical (unpaired) electrons. The van der Waals surface area contributed by atoms with Gasteiger partial charge in [-0.3, -0.25) is 20.0 Å². The fourth-order valence-corrected chi connectivity index (χ4v) is 2.67. The molecular weight excluding hydrogens is 445 g/mol. The van der Waals surface area contributed by atoms with E-state index in [0.717, 1.165) is 35.0 Å². The third-order valence-electron chi connectivity index (χ3n) is 4.10. The monoisotopic (exact) mass is 457 g/mol. The second kappa shape index (κ2) is 8.56. The van der Waals surface area contributed by atoms with E-state index >= 15 is 0 Å². The van der Waals surface area contributed by atoms with Crippen LogP contribution < -0.4 is 10.3 Å². The SMILES string of the molecule is Cc1[nH]n(-c2cccc(C(F)(F)F)c2)c(=O)c1N=Nc1ccc(OC(F)F)cc1[N+](=O)[O-]. The Hall–Kier alpha value is -4.10. The molecule has 0 spiro atoms. The third kappa shape index (κ3) is 4.79. The Morgan fingerprint density at radius 3 is 2.50 bits per heavy atom. The number of hydrogen-bond donors (Lipinski definition) is 1. The average molecular weight is 457 g/mol. The average Bonchev–Trinajstić information content (AvgIpc) is 2.99. The van der Waals surface area contributed by atoms with Gasteiger partial charge in [0, 0.05) is 0 Å². The van der Waals surface area contributed by atoms with Gasteiger partial charge in [-0.05, 0) is 37.3 Å². The number of azo groups is 1. The van der Waals surface area contributed by atoms with E-state index in [4.69, 9.17) is 0 Å². The summed E-state index contributed by atoms with van der Waals surface area (Å²) in [4.78, 5) is 22.9. The highest BCUT2D eigenvalue weighted by molar-refractivity contribution is 5.60. The van der Waals surface area contributed by atoms with Crippen molar-refractivity contribution in [3.63, 3.8) is 0 Å². The molecule has 3 aromatic rings. The van der Waals surface area contributed by atoms with Gasteiger partial charge in [0.2, 0.25) is 0 Å². The zero-order chi connectivity index (χ0) is 23.6. The van der Waals surface area contributed by atoms with E-state index in [1.54, 1.807) is 0 Å². The van der Waals surface area contributed by atoms with E-state index in [1.165, 1.54) is 13.0 Å². The molecule has 0 aliphatic rings. The van der Waals surface area contributed by atoms with E-state index < -0.39 is 40.3 Å². The number of aromatic amines is 1. The normalized spacial score (nSPS) is 12.0. The van der Waals surface area contributed by atoms with E-state index in [9.17, 15) is 36.9 Å². The first kappa shape index (κ1) is 22.6.